The van der Waals surface area contributed by atoms with Gasteiger partial charge < -0.3 is 9.88 Å². The molecule has 0 fully saturated rings. The predicted octanol–water partition coefficient (Wildman–Crippen LogP) is 2.28. The van der Waals surface area contributed by atoms with Gasteiger partial charge in [0.25, 0.3) is 0 Å². The Labute approximate surface area is 113 Å². The van der Waals surface area contributed by atoms with Crippen LogP contribution in [0.15, 0.2) is 12.5 Å². The van der Waals surface area contributed by atoms with E-state index in [2.05, 4.69) is 28.7 Å². The minimum absolute atomic E-state index is 0.788. The van der Waals surface area contributed by atoms with Crippen LogP contribution in [0.5, 0.6) is 0 Å². The van der Waals surface area contributed by atoms with Crippen molar-refractivity contribution in [2.45, 2.75) is 39.7 Å². The minimum Gasteiger partial charge on any atom is -0.370 e. The number of imidazole rings is 1. The van der Waals surface area contributed by atoms with Crippen LogP contribution in [0.2, 0.25) is 0 Å². The van der Waals surface area contributed by atoms with E-state index in [4.69, 9.17) is 9.97 Å². The molecule has 0 unspecified atom stereocenters. The van der Waals surface area contributed by atoms with Crippen LogP contribution in [0.25, 0.3) is 11.5 Å². The quantitative estimate of drug-likeness (QED) is 0.913. The fourth-order valence-electron chi connectivity index (χ4n) is 2.62. The van der Waals surface area contributed by atoms with E-state index in [1.807, 2.05) is 12.5 Å². The Hall–Kier alpha value is -1.91. The summed E-state index contributed by atoms with van der Waals surface area (Å²) in [5, 5.41) is 3.37. The number of rotatable bonds is 4. The molecule has 0 bridgehead atoms. The molecule has 2 heterocycles. The first-order valence-electron chi connectivity index (χ1n) is 6.97. The Kier molecular flexibility index (Phi) is 3.19. The molecule has 3 rings (SSSR count). The zero-order valence-electron chi connectivity index (χ0n) is 11.5. The third-order valence-corrected chi connectivity index (χ3v) is 3.56. The summed E-state index contributed by atoms with van der Waals surface area (Å²) < 4.78 is 2.08. The molecule has 19 heavy (non-hydrogen) atoms. The van der Waals surface area contributed by atoms with E-state index in [9.17, 15) is 0 Å². The Morgan fingerprint density at radius 2 is 2.16 bits per heavy atom. The largest absolute Gasteiger partial charge is 0.370 e. The molecule has 100 valence electrons. The van der Waals surface area contributed by atoms with E-state index < -0.39 is 0 Å². The highest BCUT2D eigenvalue weighted by Gasteiger charge is 2.20. The van der Waals surface area contributed by atoms with Crippen molar-refractivity contribution in [2.24, 2.45) is 0 Å². The highest BCUT2D eigenvalue weighted by Crippen LogP contribution is 2.28. The zero-order valence-corrected chi connectivity index (χ0v) is 11.5. The molecular weight excluding hydrogens is 238 g/mol. The number of anilines is 1. The van der Waals surface area contributed by atoms with Gasteiger partial charge in [0.15, 0.2) is 5.82 Å². The molecule has 1 aliphatic rings. The van der Waals surface area contributed by atoms with E-state index in [0.29, 0.717) is 0 Å². The van der Waals surface area contributed by atoms with Gasteiger partial charge in [0.2, 0.25) is 0 Å². The summed E-state index contributed by atoms with van der Waals surface area (Å²) in [7, 11) is 0. The lowest BCUT2D eigenvalue weighted by Gasteiger charge is -2.11. The summed E-state index contributed by atoms with van der Waals surface area (Å²) >= 11 is 0. The predicted molar refractivity (Wildman–Crippen MR) is 75.1 cm³/mol. The van der Waals surface area contributed by atoms with Gasteiger partial charge in [-0.1, -0.05) is 0 Å². The first kappa shape index (κ1) is 12.1. The van der Waals surface area contributed by atoms with Gasteiger partial charge in [-0.2, -0.15) is 0 Å². The number of hydrogen-bond donors (Lipinski definition) is 1. The Morgan fingerprint density at radius 1 is 1.26 bits per heavy atom. The standard InChI is InChI=1S/C14H19N5/c1-3-16-13-10-6-5-7-11(10)17-14(18-13)12-8-15-9-19(12)4-2/h8-9H,3-7H2,1-2H3,(H,16,17,18). The second-order valence-electron chi connectivity index (χ2n) is 4.77. The first-order valence-corrected chi connectivity index (χ1v) is 6.97. The van der Waals surface area contributed by atoms with Crippen LogP contribution in [0.1, 0.15) is 31.5 Å². The van der Waals surface area contributed by atoms with Crippen molar-refractivity contribution in [3.8, 4) is 11.5 Å². The van der Waals surface area contributed by atoms with Crippen LogP contribution in [0.3, 0.4) is 0 Å². The van der Waals surface area contributed by atoms with Crippen molar-refractivity contribution in [3.63, 3.8) is 0 Å². The van der Waals surface area contributed by atoms with Gasteiger partial charge >= 0.3 is 0 Å². The summed E-state index contributed by atoms with van der Waals surface area (Å²) in [5.41, 5.74) is 3.49. The maximum absolute atomic E-state index is 4.74. The van der Waals surface area contributed by atoms with Crippen molar-refractivity contribution in [1.29, 1.82) is 0 Å². The van der Waals surface area contributed by atoms with Gasteiger partial charge in [0, 0.05) is 24.3 Å². The van der Waals surface area contributed by atoms with Crippen LogP contribution in [-0.2, 0) is 19.4 Å². The number of fused-ring (bicyclic) bond motifs is 1. The van der Waals surface area contributed by atoms with Crippen molar-refractivity contribution in [1.82, 2.24) is 19.5 Å². The molecule has 0 aromatic carbocycles. The normalized spacial score (nSPS) is 13.6. The Bertz CT molecular complexity index is 588. The van der Waals surface area contributed by atoms with E-state index >= 15 is 0 Å². The van der Waals surface area contributed by atoms with E-state index in [-0.39, 0.29) is 0 Å². The van der Waals surface area contributed by atoms with Crippen molar-refractivity contribution in [3.05, 3.63) is 23.8 Å². The van der Waals surface area contributed by atoms with Crippen LogP contribution in [-0.4, -0.2) is 26.1 Å². The van der Waals surface area contributed by atoms with Gasteiger partial charge in [-0.3, -0.25) is 0 Å². The second kappa shape index (κ2) is 4.99. The number of aromatic nitrogens is 4. The van der Waals surface area contributed by atoms with Gasteiger partial charge in [0.05, 0.1) is 12.5 Å². The molecule has 0 amide bonds. The zero-order chi connectivity index (χ0) is 13.2. The molecule has 5 nitrogen and oxygen atoms in total. The molecule has 1 aliphatic carbocycles. The first-order chi connectivity index (χ1) is 9.33. The number of aryl methyl sites for hydroxylation is 2. The molecule has 0 spiro atoms. The molecule has 0 atom stereocenters. The van der Waals surface area contributed by atoms with Crippen LogP contribution in [0, 0.1) is 0 Å². The van der Waals surface area contributed by atoms with Crippen molar-refractivity contribution < 1.29 is 0 Å². The fourth-order valence-corrected chi connectivity index (χ4v) is 2.62. The summed E-state index contributed by atoms with van der Waals surface area (Å²) in [4.78, 5) is 13.6. The highest BCUT2D eigenvalue weighted by molar-refractivity contribution is 5.57. The highest BCUT2D eigenvalue weighted by atomic mass is 15.1. The molecule has 0 saturated heterocycles. The average Bonchev–Trinajstić information content (AvgIpc) is 3.07. The lowest BCUT2D eigenvalue weighted by atomic mass is 10.2. The minimum atomic E-state index is 0.788. The van der Waals surface area contributed by atoms with Crippen LogP contribution < -0.4 is 5.32 Å². The van der Waals surface area contributed by atoms with Crippen LogP contribution >= 0.6 is 0 Å². The number of nitrogens with zero attached hydrogens (tertiary/aromatic N) is 4. The van der Waals surface area contributed by atoms with Gasteiger partial charge in [-0.15, -0.1) is 0 Å². The summed E-state index contributed by atoms with van der Waals surface area (Å²) in [6.07, 6.45) is 7.00. The topological polar surface area (TPSA) is 55.6 Å². The fraction of sp³-hybridized carbons (Fsp3) is 0.500. The van der Waals surface area contributed by atoms with Crippen LogP contribution in [0.4, 0.5) is 5.82 Å². The van der Waals surface area contributed by atoms with Crippen molar-refractivity contribution >= 4 is 5.82 Å². The molecule has 1 N–H and O–H groups in total. The van der Waals surface area contributed by atoms with Crippen molar-refractivity contribution in [2.75, 3.05) is 11.9 Å². The lowest BCUT2D eigenvalue weighted by Crippen LogP contribution is -2.08. The monoisotopic (exact) mass is 257 g/mol. The molecule has 0 aliphatic heterocycles. The van der Waals surface area contributed by atoms with E-state index in [1.165, 1.54) is 17.7 Å². The molecule has 2 aromatic rings. The van der Waals surface area contributed by atoms with Gasteiger partial charge in [0.1, 0.15) is 11.5 Å². The number of hydrogen-bond acceptors (Lipinski definition) is 4. The van der Waals surface area contributed by atoms with E-state index in [1.54, 1.807) is 0 Å². The Balaban J connectivity index is 2.10. The third kappa shape index (κ3) is 2.09. The number of nitrogens with one attached hydrogen (secondary N) is 1. The summed E-state index contributed by atoms with van der Waals surface area (Å²) in [6.45, 7) is 5.96. The molecule has 2 aromatic heterocycles. The molecule has 5 heteroatoms. The Morgan fingerprint density at radius 3 is 2.95 bits per heavy atom. The average molecular weight is 257 g/mol. The smallest absolute Gasteiger partial charge is 0.180 e. The maximum atomic E-state index is 4.74. The third-order valence-electron chi connectivity index (χ3n) is 3.56. The molecular formula is C14H19N5. The SMILES string of the molecule is CCNc1nc(-c2cncn2CC)nc2c1CCC2. The molecule has 0 radical (unpaired) electrons. The second-order valence-corrected chi connectivity index (χ2v) is 4.77. The van der Waals surface area contributed by atoms with Gasteiger partial charge in [-0.25, -0.2) is 15.0 Å². The summed E-state index contributed by atoms with van der Waals surface area (Å²) in [5.74, 6) is 1.79. The maximum Gasteiger partial charge on any atom is 0.180 e. The molecule has 0 saturated carbocycles. The van der Waals surface area contributed by atoms with Gasteiger partial charge in [-0.05, 0) is 33.1 Å². The summed E-state index contributed by atoms with van der Waals surface area (Å²) in [6, 6.07) is 0. The lowest BCUT2D eigenvalue weighted by molar-refractivity contribution is 0.762. The van der Waals surface area contributed by atoms with E-state index in [0.717, 1.165) is 43.3 Å².